The first kappa shape index (κ1) is 11.9. The highest BCUT2D eigenvalue weighted by Gasteiger charge is 2.54. The maximum atomic E-state index is 10.8. The molecule has 0 aromatic rings. The fourth-order valence-corrected chi connectivity index (χ4v) is 3.74. The summed E-state index contributed by atoms with van der Waals surface area (Å²) < 4.78 is 0. The second-order valence-corrected chi connectivity index (χ2v) is 5.80. The van der Waals surface area contributed by atoms with Crippen molar-refractivity contribution in [2.45, 2.75) is 70.3 Å². The van der Waals surface area contributed by atoms with Crippen LogP contribution in [0.25, 0.3) is 0 Å². The Labute approximate surface area is 98.7 Å². The predicted molar refractivity (Wildman–Crippen MR) is 63.7 cm³/mol. The molecule has 0 aromatic heterocycles. The molecule has 2 rings (SSSR count). The van der Waals surface area contributed by atoms with Crippen molar-refractivity contribution >= 4 is 0 Å². The van der Waals surface area contributed by atoms with Gasteiger partial charge in [0.15, 0.2) is 0 Å². The smallest absolute Gasteiger partial charge is 0.0860 e. The molecule has 2 aliphatic carbocycles. The molecule has 2 nitrogen and oxygen atoms in total. The summed E-state index contributed by atoms with van der Waals surface area (Å²) >= 11 is 0. The van der Waals surface area contributed by atoms with Gasteiger partial charge in [-0.1, -0.05) is 32.6 Å². The minimum absolute atomic E-state index is 0.421. The molecule has 16 heavy (non-hydrogen) atoms. The van der Waals surface area contributed by atoms with E-state index in [0.29, 0.717) is 5.92 Å². The van der Waals surface area contributed by atoms with Gasteiger partial charge in [0.25, 0.3) is 0 Å². The summed E-state index contributed by atoms with van der Waals surface area (Å²) in [5.74, 6) is 0.636. The van der Waals surface area contributed by atoms with Gasteiger partial charge in [0.05, 0.1) is 17.1 Å². The number of rotatable bonds is 2. The van der Waals surface area contributed by atoms with E-state index in [1.807, 2.05) is 0 Å². The normalized spacial score (nSPS) is 38.2. The maximum absolute atomic E-state index is 10.8. The van der Waals surface area contributed by atoms with Gasteiger partial charge in [-0.15, -0.1) is 0 Å². The van der Waals surface area contributed by atoms with Crippen LogP contribution in [0.3, 0.4) is 0 Å². The lowest BCUT2D eigenvalue weighted by Gasteiger charge is -2.43. The Bertz CT molecular complexity index is 288. The van der Waals surface area contributed by atoms with E-state index in [1.54, 1.807) is 0 Å². The van der Waals surface area contributed by atoms with Crippen molar-refractivity contribution in [3.63, 3.8) is 0 Å². The zero-order chi connectivity index (χ0) is 11.6. The first-order chi connectivity index (χ1) is 7.66. The molecule has 0 heterocycles. The molecule has 2 atom stereocenters. The molecule has 0 aromatic carbocycles. The fourth-order valence-electron chi connectivity index (χ4n) is 3.74. The molecule has 0 bridgehead atoms. The van der Waals surface area contributed by atoms with Crippen LogP contribution in [0.15, 0.2) is 0 Å². The molecule has 0 aliphatic heterocycles. The van der Waals surface area contributed by atoms with E-state index >= 15 is 0 Å². The van der Waals surface area contributed by atoms with Gasteiger partial charge in [-0.2, -0.15) is 5.26 Å². The fraction of sp³-hybridized carbons (Fsp3) is 0.929. The number of nitrogens with zero attached hydrogens (tertiary/aromatic N) is 1. The maximum Gasteiger partial charge on any atom is 0.0860 e. The second kappa shape index (κ2) is 4.37. The molecule has 2 unspecified atom stereocenters. The Hall–Kier alpha value is -0.550. The molecular weight excluding hydrogens is 198 g/mol. The summed E-state index contributed by atoms with van der Waals surface area (Å²) in [4.78, 5) is 0. The van der Waals surface area contributed by atoms with Gasteiger partial charge in [-0.05, 0) is 38.0 Å². The van der Waals surface area contributed by atoms with Crippen LogP contribution in [0, 0.1) is 22.7 Å². The summed E-state index contributed by atoms with van der Waals surface area (Å²) in [6, 6.07) is 2.49. The molecule has 2 aliphatic rings. The van der Waals surface area contributed by atoms with Crippen molar-refractivity contribution in [3.05, 3.63) is 0 Å². The lowest BCUT2D eigenvalue weighted by atomic mass is 9.63. The number of hydrogen-bond donors (Lipinski definition) is 1. The summed E-state index contributed by atoms with van der Waals surface area (Å²) in [7, 11) is 0. The van der Waals surface area contributed by atoms with Gasteiger partial charge in [-0.3, -0.25) is 0 Å². The van der Waals surface area contributed by atoms with Gasteiger partial charge < -0.3 is 5.11 Å². The van der Waals surface area contributed by atoms with E-state index in [2.05, 4.69) is 13.0 Å². The summed E-state index contributed by atoms with van der Waals surface area (Å²) in [5, 5.41) is 20.4. The second-order valence-electron chi connectivity index (χ2n) is 5.80. The highest BCUT2D eigenvalue weighted by molar-refractivity contribution is 5.14. The van der Waals surface area contributed by atoms with Crippen molar-refractivity contribution in [3.8, 4) is 6.07 Å². The van der Waals surface area contributed by atoms with Crippen LogP contribution in [-0.2, 0) is 0 Å². The van der Waals surface area contributed by atoms with Crippen LogP contribution in [0.4, 0.5) is 0 Å². The lowest BCUT2D eigenvalue weighted by Crippen LogP contribution is -2.47. The van der Waals surface area contributed by atoms with Gasteiger partial charge in [-0.25, -0.2) is 0 Å². The standard InChI is InChI=1S/C14H23NO/c1-2-12-6-9-14(16,10-12)13(11-15)7-4-3-5-8-13/h12,16H,2-10H2,1H3. The van der Waals surface area contributed by atoms with Crippen LogP contribution in [0.2, 0.25) is 0 Å². The Morgan fingerprint density at radius 3 is 2.44 bits per heavy atom. The van der Waals surface area contributed by atoms with Crippen molar-refractivity contribution in [1.29, 1.82) is 5.26 Å². The Kier molecular flexibility index (Phi) is 3.26. The SMILES string of the molecule is CCC1CCC(O)(C2(C#N)CCCCC2)C1. The molecule has 2 heteroatoms. The average Bonchev–Trinajstić information content (AvgIpc) is 2.74. The first-order valence-corrected chi connectivity index (χ1v) is 6.79. The van der Waals surface area contributed by atoms with Crippen molar-refractivity contribution in [2.24, 2.45) is 11.3 Å². The number of nitriles is 1. The van der Waals surface area contributed by atoms with Crippen molar-refractivity contribution in [1.82, 2.24) is 0 Å². The van der Waals surface area contributed by atoms with E-state index < -0.39 is 11.0 Å². The zero-order valence-corrected chi connectivity index (χ0v) is 10.3. The third kappa shape index (κ3) is 1.76. The van der Waals surface area contributed by atoms with Crippen molar-refractivity contribution in [2.75, 3.05) is 0 Å². The van der Waals surface area contributed by atoms with Crippen LogP contribution >= 0.6 is 0 Å². The molecular formula is C14H23NO. The quantitative estimate of drug-likeness (QED) is 0.776. The number of aliphatic hydroxyl groups is 1. The van der Waals surface area contributed by atoms with Crippen LogP contribution in [0.1, 0.15) is 64.7 Å². The first-order valence-electron chi connectivity index (χ1n) is 6.79. The molecule has 0 saturated heterocycles. The molecule has 2 fully saturated rings. The van der Waals surface area contributed by atoms with E-state index in [0.717, 1.165) is 51.4 Å². The van der Waals surface area contributed by atoms with Gasteiger partial charge >= 0.3 is 0 Å². The van der Waals surface area contributed by atoms with Crippen LogP contribution in [0.5, 0.6) is 0 Å². The third-order valence-electron chi connectivity index (χ3n) is 4.98. The van der Waals surface area contributed by atoms with Gasteiger partial charge in [0.2, 0.25) is 0 Å². The molecule has 0 amide bonds. The minimum atomic E-state index is -0.678. The zero-order valence-electron chi connectivity index (χ0n) is 10.3. The lowest BCUT2D eigenvalue weighted by molar-refractivity contribution is -0.0697. The molecule has 2 saturated carbocycles. The van der Waals surface area contributed by atoms with Crippen LogP contribution < -0.4 is 0 Å². The van der Waals surface area contributed by atoms with Gasteiger partial charge in [0.1, 0.15) is 0 Å². The highest BCUT2D eigenvalue weighted by atomic mass is 16.3. The van der Waals surface area contributed by atoms with Crippen molar-refractivity contribution < 1.29 is 5.11 Å². The van der Waals surface area contributed by atoms with E-state index in [-0.39, 0.29) is 0 Å². The highest BCUT2D eigenvalue weighted by Crippen LogP contribution is 2.53. The van der Waals surface area contributed by atoms with Crippen LogP contribution in [-0.4, -0.2) is 10.7 Å². The average molecular weight is 221 g/mol. The predicted octanol–water partition coefficient (Wildman–Crippen LogP) is 3.40. The summed E-state index contributed by atoms with van der Waals surface area (Å²) in [6.07, 6.45) is 9.25. The molecule has 1 N–H and O–H groups in total. The monoisotopic (exact) mass is 221 g/mol. The van der Waals surface area contributed by atoms with Gasteiger partial charge in [0, 0.05) is 0 Å². The topological polar surface area (TPSA) is 44.0 Å². The summed E-state index contributed by atoms with van der Waals surface area (Å²) in [6.45, 7) is 2.19. The summed E-state index contributed by atoms with van der Waals surface area (Å²) in [5.41, 5.74) is -1.10. The Morgan fingerprint density at radius 2 is 1.94 bits per heavy atom. The third-order valence-corrected chi connectivity index (χ3v) is 4.98. The number of hydrogen-bond acceptors (Lipinski definition) is 2. The molecule has 0 spiro atoms. The van der Waals surface area contributed by atoms with E-state index in [4.69, 9.17) is 0 Å². The minimum Gasteiger partial charge on any atom is -0.388 e. The molecule has 90 valence electrons. The molecule has 0 radical (unpaired) electrons. The largest absolute Gasteiger partial charge is 0.388 e. The van der Waals surface area contributed by atoms with E-state index in [1.165, 1.54) is 6.42 Å². The Balaban J connectivity index is 2.18. The van der Waals surface area contributed by atoms with E-state index in [9.17, 15) is 10.4 Å². The Morgan fingerprint density at radius 1 is 1.25 bits per heavy atom.